The molecule has 0 fully saturated rings. The highest BCUT2D eigenvalue weighted by Gasteiger charge is 2.27. The van der Waals surface area contributed by atoms with Crippen molar-refractivity contribution in [2.24, 2.45) is 0 Å². The van der Waals surface area contributed by atoms with Crippen LogP contribution >= 0.6 is 22.9 Å². The Morgan fingerprint density at radius 1 is 1.48 bits per heavy atom. The van der Waals surface area contributed by atoms with Crippen LogP contribution in [0.5, 0.6) is 0 Å². The Morgan fingerprint density at radius 2 is 2.19 bits per heavy atom. The molecule has 1 atom stereocenters. The highest BCUT2D eigenvalue weighted by molar-refractivity contribution is 7.91. The summed E-state index contributed by atoms with van der Waals surface area (Å²) in [5.41, 5.74) is 1.38. The first kappa shape index (κ1) is 15.9. The number of carboxylic acids is 1. The summed E-state index contributed by atoms with van der Waals surface area (Å²) in [5.74, 6) is -1.38. The van der Waals surface area contributed by atoms with Gasteiger partial charge in [0.25, 0.3) is 10.0 Å². The molecule has 0 amide bonds. The molecule has 6 nitrogen and oxygen atoms in total. The lowest BCUT2D eigenvalue weighted by Crippen LogP contribution is -2.27. The molecular weight excluding hydrogens is 336 g/mol. The lowest BCUT2D eigenvalue weighted by molar-refractivity contribution is 0.0687. The second kappa shape index (κ2) is 6.10. The predicted molar refractivity (Wildman–Crippen MR) is 79.3 cm³/mol. The van der Waals surface area contributed by atoms with E-state index in [1.807, 2.05) is 0 Å². The Bertz CT molecular complexity index is 773. The Morgan fingerprint density at radius 3 is 2.81 bits per heavy atom. The molecule has 0 radical (unpaired) electrons. The van der Waals surface area contributed by atoms with Gasteiger partial charge in [0.2, 0.25) is 0 Å². The van der Waals surface area contributed by atoms with Crippen LogP contribution in [0.2, 0.25) is 5.02 Å². The average molecular weight is 347 g/mol. The van der Waals surface area contributed by atoms with Crippen LogP contribution in [0.3, 0.4) is 0 Å². The van der Waals surface area contributed by atoms with Crippen molar-refractivity contribution in [3.05, 3.63) is 46.1 Å². The van der Waals surface area contributed by atoms with Crippen molar-refractivity contribution in [3.63, 3.8) is 0 Å². The van der Waals surface area contributed by atoms with E-state index in [0.717, 1.165) is 11.3 Å². The van der Waals surface area contributed by atoms with Gasteiger partial charge in [-0.2, -0.15) is 0 Å². The molecule has 9 heteroatoms. The summed E-state index contributed by atoms with van der Waals surface area (Å²) in [5, 5.41) is 9.43. The molecule has 2 rings (SSSR count). The van der Waals surface area contributed by atoms with Gasteiger partial charge in [-0.1, -0.05) is 23.7 Å². The maximum atomic E-state index is 12.3. The van der Waals surface area contributed by atoms with E-state index in [9.17, 15) is 13.2 Å². The van der Waals surface area contributed by atoms with Crippen molar-refractivity contribution >= 4 is 38.9 Å². The van der Waals surface area contributed by atoms with E-state index in [0.29, 0.717) is 10.6 Å². The molecule has 0 bridgehead atoms. The smallest absolute Gasteiger partial charge is 0.356 e. The van der Waals surface area contributed by atoms with Crippen molar-refractivity contribution in [1.82, 2.24) is 9.71 Å². The number of hydrogen-bond donors (Lipinski definition) is 2. The number of nitrogens with zero attached hydrogens (tertiary/aromatic N) is 1. The van der Waals surface area contributed by atoms with Crippen LogP contribution in [0.15, 0.2) is 34.0 Å². The van der Waals surface area contributed by atoms with E-state index in [1.165, 1.54) is 5.51 Å². The van der Waals surface area contributed by atoms with E-state index in [-0.39, 0.29) is 4.21 Å². The van der Waals surface area contributed by atoms with Crippen LogP contribution < -0.4 is 4.72 Å². The molecule has 0 aliphatic rings. The molecular formula is C12H11ClN2O4S2. The average Bonchev–Trinajstić information content (AvgIpc) is 2.88. The number of carbonyl (C=O) groups is 1. The maximum Gasteiger partial charge on any atom is 0.356 e. The van der Waals surface area contributed by atoms with Crippen LogP contribution in [0, 0.1) is 0 Å². The summed E-state index contributed by atoms with van der Waals surface area (Å²) in [6.07, 6.45) is 0. The lowest BCUT2D eigenvalue weighted by atomic mass is 10.1. The molecule has 0 saturated heterocycles. The Hall–Kier alpha value is -1.48. The second-order valence-corrected chi connectivity index (χ2v) is 7.39. The van der Waals surface area contributed by atoms with Crippen molar-refractivity contribution in [1.29, 1.82) is 0 Å². The summed E-state index contributed by atoms with van der Waals surface area (Å²) < 4.78 is 26.6. The molecule has 1 unspecified atom stereocenters. The first-order valence-electron chi connectivity index (χ1n) is 5.76. The third-order valence-electron chi connectivity index (χ3n) is 2.66. The molecule has 0 spiro atoms. The summed E-state index contributed by atoms with van der Waals surface area (Å²) in [4.78, 5) is 14.5. The predicted octanol–water partition coefficient (Wildman–Crippen LogP) is 2.53. The van der Waals surface area contributed by atoms with Gasteiger partial charge in [-0.15, -0.1) is 11.3 Å². The molecule has 2 N–H and O–H groups in total. The minimum atomic E-state index is -3.97. The van der Waals surface area contributed by atoms with Gasteiger partial charge < -0.3 is 5.11 Å². The fraction of sp³-hybridized carbons (Fsp3) is 0.167. The van der Waals surface area contributed by atoms with E-state index >= 15 is 0 Å². The molecule has 2 aromatic rings. The standard InChI is InChI=1S/C12H11ClN2O4S2/c1-7(8-3-2-4-9(13)5-8)15-21(18,19)12-10(11(16)17)14-6-20-12/h2-7,15H,1H3,(H,16,17). The highest BCUT2D eigenvalue weighted by Crippen LogP contribution is 2.24. The second-order valence-electron chi connectivity index (χ2n) is 4.19. The van der Waals surface area contributed by atoms with Gasteiger partial charge >= 0.3 is 5.97 Å². The first-order chi connectivity index (χ1) is 9.81. The Kier molecular flexibility index (Phi) is 4.62. The van der Waals surface area contributed by atoms with Crippen LogP contribution in [0.1, 0.15) is 29.0 Å². The normalized spacial score (nSPS) is 13.0. The molecule has 21 heavy (non-hydrogen) atoms. The third-order valence-corrected chi connectivity index (χ3v) is 5.81. The molecule has 112 valence electrons. The minimum absolute atomic E-state index is 0.316. The van der Waals surface area contributed by atoms with Gasteiger partial charge in [-0.05, 0) is 24.6 Å². The lowest BCUT2D eigenvalue weighted by Gasteiger charge is -2.14. The number of carboxylic acid groups (broad SMARTS) is 1. The SMILES string of the molecule is CC(NS(=O)(=O)c1scnc1C(=O)O)c1cccc(Cl)c1. The van der Waals surface area contributed by atoms with Crippen molar-refractivity contribution in [3.8, 4) is 0 Å². The zero-order valence-electron chi connectivity index (χ0n) is 10.8. The van der Waals surface area contributed by atoms with Crippen molar-refractivity contribution < 1.29 is 18.3 Å². The molecule has 1 aromatic heterocycles. The van der Waals surface area contributed by atoms with Crippen LogP contribution in [-0.2, 0) is 10.0 Å². The summed E-state index contributed by atoms with van der Waals surface area (Å²) >= 11 is 6.62. The number of benzene rings is 1. The zero-order chi connectivity index (χ0) is 15.6. The summed E-state index contributed by atoms with van der Waals surface area (Å²) in [7, 11) is -3.97. The monoisotopic (exact) mass is 346 g/mol. The largest absolute Gasteiger partial charge is 0.476 e. The summed E-state index contributed by atoms with van der Waals surface area (Å²) in [6.45, 7) is 1.64. The molecule has 1 heterocycles. The fourth-order valence-electron chi connectivity index (χ4n) is 1.70. The van der Waals surface area contributed by atoms with Gasteiger partial charge in [-0.25, -0.2) is 22.9 Å². The topological polar surface area (TPSA) is 96.4 Å². The maximum absolute atomic E-state index is 12.3. The minimum Gasteiger partial charge on any atom is -0.476 e. The van der Waals surface area contributed by atoms with Crippen LogP contribution in [0.4, 0.5) is 0 Å². The number of rotatable bonds is 5. The molecule has 0 saturated carbocycles. The molecule has 0 aliphatic heterocycles. The van der Waals surface area contributed by atoms with Crippen molar-refractivity contribution in [2.75, 3.05) is 0 Å². The number of thiazole rings is 1. The molecule has 1 aromatic carbocycles. The molecule has 0 aliphatic carbocycles. The van der Waals surface area contributed by atoms with E-state index < -0.39 is 27.7 Å². The number of halogens is 1. The Labute approximate surface area is 130 Å². The van der Waals surface area contributed by atoms with Gasteiger partial charge in [-0.3, -0.25) is 0 Å². The number of nitrogens with one attached hydrogen (secondary N) is 1. The van der Waals surface area contributed by atoms with E-state index in [2.05, 4.69) is 9.71 Å². The first-order valence-corrected chi connectivity index (χ1v) is 8.50. The number of hydrogen-bond acceptors (Lipinski definition) is 5. The van der Waals surface area contributed by atoms with E-state index in [1.54, 1.807) is 31.2 Å². The fourth-order valence-corrected chi connectivity index (χ4v) is 4.29. The highest BCUT2D eigenvalue weighted by atomic mass is 35.5. The van der Waals surface area contributed by atoms with Gasteiger partial charge in [0.05, 0.1) is 5.51 Å². The quantitative estimate of drug-likeness (QED) is 0.867. The number of aromatic nitrogens is 1. The van der Waals surface area contributed by atoms with Crippen molar-refractivity contribution in [2.45, 2.75) is 17.2 Å². The van der Waals surface area contributed by atoms with Crippen LogP contribution in [0.25, 0.3) is 0 Å². The van der Waals surface area contributed by atoms with Gasteiger partial charge in [0.1, 0.15) is 0 Å². The van der Waals surface area contributed by atoms with Crippen LogP contribution in [-0.4, -0.2) is 24.5 Å². The number of aromatic carboxylic acids is 1. The van der Waals surface area contributed by atoms with E-state index in [4.69, 9.17) is 16.7 Å². The Balaban J connectivity index is 2.29. The third kappa shape index (κ3) is 3.59. The zero-order valence-corrected chi connectivity index (χ0v) is 13.2. The number of sulfonamides is 1. The van der Waals surface area contributed by atoms with Gasteiger partial charge in [0.15, 0.2) is 9.90 Å². The summed E-state index contributed by atoms with van der Waals surface area (Å²) in [6, 6.07) is 6.19. The van der Waals surface area contributed by atoms with Gasteiger partial charge in [0, 0.05) is 11.1 Å².